The molecule has 1 heterocycles. The van der Waals surface area contributed by atoms with Crippen molar-refractivity contribution >= 4 is 40.7 Å². The zero-order chi connectivity index (χ0) is 15.9. The molecule has 1 aromatic heterocycles. The molecule has 0 fully saturated rings. The van der Waals surface area contributed by atoms with Gasteiger partial charge in [-0.1, -0.05) is 23.2 Å². The summed E-state index contributed by atoms with van der Waals surface area (Å²) in [6.07, 6.45) is 2.41. The number of hydrogen-bond donors (Lipinski definition) is 4. The van der Waals surface area contributed by atoms with Gasteiger partial charge in [-0.2, -0.15) is 4.98 Å². The molecule has 0 atom stereocenters. The summed E-state index contributed by atoms with van der Waals surface area (Å²) in [6.45, 7) is 1.83. The van der Waals surface area contributed by atoms with E-state index >= 15 is 0 Å². The van der Waals surface area contributed by atoms with Gasteiger partial charge in [-0.3, -0.25) is 0 Å². The van der Waals surface area contributed by atoms with Gasteiger partial charge in [0.1, 0.15) is 0 Å². The Balaban J connectivity index is 2.03. The summed E-state index contributed by atoms with van der Waals surface area (Å²) in [4.78, 5) is 8.46. The predicted octanol–water partition coefficient (Wildman–Crippen LogP) is 2.74. The normalized spacial score (nSPS) is 10.5. The highest BCUT2D eigenvalue weighted by atomic mass is 35.5. The standard InChI is InChI=1S/C14H18Cl2N6/c15-10-4-9(5-11(16)6-10)7-20-13-12(18)8-21-14(22-13)19-3-1-2-17/h4-6,8H,1-3,7,17-18H2,(H2,19,20,21,22). The lowest BCUT2D eigenvalue weighted by Crippen LogP contribution is -2.12. The molecule has 0 saturated heterocycles. The molecule has 118 valence electrons. The van der Waals surface area contributed by atoms with E-state index in [0.29, 0.717) is 47.1 Å². The molecule has 0 saturated carbocycles. The zero-order valence-corrected chi connectivity index (χ0v) is 13.5. The van der Waals surface area contributed by atoms with Crippen LogP contribution in [0.4, 0.5) is 17.5 Å². The van der Waals surface area contributed by atoms with E-state index in [1.165, 1.54) is 0 Å². The number of benzene rings is 1. The molecule has 0 unspecified atom stereocenters. The number of nitrogens with one attached hydrogen (secondary N) is 2. The highest BCUT2D eigenvalue weighted by Crippen LogP contribution is 2.21. The first-order valence-corrected chi connectivity index (χ1v) is 7.59. The molecule has 6 N–H and O–H groups in total. The molecule has 2 aromatic rings. The molecule has 0 bridgehead atoms. The van der Waals surface area contributed by atoms with Crippen molar-refractivity contribution in [1.29, 1.82) is 0 Å². The van der Waals surface area contributed by atoms with Crippen molar-refractivity contribution in [1.82, 2.24) is 9.97 Å². The number of rotatable bonds is 7. The highest BCUT2D eigenvalue weighted by Gasteiger charge is 2.05. The smallest absolute Gasteiger partial charge is 0.224 e. The molecule has 0 aliphatic rings. The molecule has 0 radical (unpaired) electrons. The van der Waals surface area contributed by atoms with Gasteiger partial charge in [0, 0.05) is 23.1 Å². The zero-order valence-electron chi connectivity index (χ0n) is 11.9. The second kappa shape index (κ2) is 8.03. The first kappa shape index (κ1) is 16.6. The maximum Gasteiger partial charge on any atom is 0.224 e. The lowest BCUT2D eigenvalue weighted by molar-refractivity contribution is 0.864. The molecule has 0 aliphatic heterocycles. The summed E-state index contributed by atoms with van der Waals surface area (Å²) < 4.78 is 0. The van der Waals surface area contributed by atoms with Crippen LogP contribution in [0.15, 0.2) is 24.4 Å². The summed E-state index contributed by atoms with van der Waals surface area (Å²) in [6, 6.07) is 5.35. The minimum absolute atomic E-state index is 0.470. The van der Waals surface area contributed by atoms with Gasteiger partial charge < -0.3 is 22.1 Å². The van der Waals surface area contributed by atoms with E-state index in [2.05, 4.69) is 20.6 Å². The van der Waals surface area contributed by atoms with Crippen molar-refractivity contribution in [2.45, 2.75) is 13.0 Å². The minimum Gasteiger partial charge on any atom is -0.394 e. The third-order valence-corrected chi connectivity index (χ3v) is 3.30. The number of aromatic nitrogens is 2. The highest BCUT2D eigenvalue weighted by molar-refractivity contribution is 6.34. The molecule has 2 rings (SSSR count). The van der Waals surface area contributed by atoms with Crippen molar-refractivity contribution in [3.8, 4) is 0 Å². The van der Waals surface area contributed by atoms with Crippen LogP contribution in [-0.4, -0.2) is 23.1 Å². The van der Waals surface area contributed by atoms with Crippen LogP contribution in [0, 0.1) is 0 Å². The fraction of sp³-hybridized carbons (Fsp3) is 0.286. The molecule has 22 heavy (non-hydrogen) atoms. The van der Waals surface area contributed by atoms with E-state index in [-0.39, 0.29) is 0 Å². The van der Waals surface area contributed by atoms with Crippen LogP contribution < -0.4 is 22.1 Å². The number of hydrogen-bond acceptors (Lipinski definition) is 6. The van der Waals surface area contributed by atoms with Gasteiger partial charge in [-0.05, 0) is 36.7 Å². The minimum atomic E-state index is 0.470. The Kier molecular flexibility index (Phi) is 6.06. The third kappa shape index (κ3) is 4.91. The summed E-state index contributed by atoms with van der Waals surface area (Å²) in [5, 5.41) is 7.42. The Bertz CT molecular complexity index is 614. The van der Waals surface area contributed by atoms with Crippen LogP contribution in [0.2, 0.25) is 10.0 Å². The van der Waals surface area contributed by atoms with Gasteiger partial charge in [0.15, 0.2) is 5.82 Å². The molecule has 6 nitrogen and oxygen atoms in total. The number of nitrogen functional groups attached to an aromatic ring is 1. The van der Waals surface area contributed by atoms with Gasteiger partial charge in [0.2, 0.25) is 5.95 Å². The third-order valence-electron chi connectivity index (χ3n) is 2.86. The Morgan fingerprint density at radius 3 is 2.50 bits per heavy atom. The SMILES string of the molecule is NCCCNc1ncc(N)c(NCc2cc(Cl)cc(Cl)c2)n1. The van der Waals surface area contributed by atoms with E-state index in [0.717, 1.165) is 12.0 Å². The van der Waals surface area contributed by atoms with Crippen molar-refractivity contribution in [2.24, 2.45) is 5.73 Å². The Morgan fingerprint density at radius 1 is 1.09 bits per heavy atom. The Morgan fingerprint density at radius 2 is 1.82 bits per heavy atom. The van der Waals surface area contributed by atoms with Gasteiger partial charge in [-0.15, -0.1) is 0 Å². The molecular weight excluding hydrogens is 323 g/mol. The Hall–Kier alpha value is -1.76. The number of halogens is 2. The largest absolute Gasteiger partial charge is 0.394 e. The fourth-order valence-electron chi connectivity index (χ4n) is 1.82. The van der Waals surface area contributed by atoms with E-state index in [9.17, 15) is 0 Å². The van der Waals surface area contributed by atoms with Crippen molar-refractivity contribution < 1.29 is 0 Å². The average Bonchev–Trinajstić information content (AvgIpc) is 2.47. The van der Waals surface area contributed by atoms with Crippen molar-refractivity contribution in [2.75, 3.05) is 29.5 Å². The maximum absolute atomic E-state index is 5.98. The quantitative estimate of drug-likeness (QED) is 0.578. The van der Waals surface area contributed by atoms with Crippen LogP contribution >= 0.6 is 23.2 Å². The van der Waals surface area contributed by atoms with Crippen molar-refractivity contribution in [3.63, 3.8) is 0 Å². The van der Waals surface area contributed by atoms with Gasteiger partial charge in [0.05, 0.1) is 11.9 Å². The van der Waals surface area contributed by atoms with Gasteiger partial charge >= 0.3 is 0 Å². The summed E-state index contributed by atoms with van der Waals surface area (Å²) in [7, 11) is 0. The first-order chi connectivity index (χ1) is 10.6. The Labute approximate surface area is 139 Å². The van der Waals surface area contributed by atoms with Crippen LogP contribution in [0.1, 0.15) is 12.0 Å². The lowest BCUT2D eigenvalue weighted by atomic mass is 10.2. The topological polar surface area (TPSA) is 102 Å². The molecular formula is C14H18Cl2N6. The fourth-order valence-corrected chi connectivity index (χ4v) is 2.39. The van der Waals surface area contributed by atoms with E-state index in [1.54, 1.807) is 12.3 Å². The predicted molar refractivity (Wildman–Crippen MR) is 92.4 cm³/mol. The number of nitrogens with two attached hydrogens (primary N) is 2. The molecule has 0 amide bonds. The number of nitrogens with zero attached hydrogens (tertiary/aromatic N) is 2. The molecule has 8 heteroatoms. The van der Waals surface area contributed by atoms with Crippen LogP contribution in [0.3, 0.4) is 0 Å². The molecule has 1 aromatic carbocycles. The monoisotopic (exact) mass is 340 g/mol. The summed E-state index contributed by atoms with van der Waals surface area (Å²) >= 11 is 12.0. The second-order valence-corrected chi connectivity index (χ2v) is 5.57. The maximum atomic E-state index is 5.98. The van der Waals surface area contributed by atoms with Gasteiger partial charge in [0.25, 0.3) is 0 Å². The summed E-state index contributed by atoms with van der Waals surface area (Å²) in [5.74, 6) is 1.07. The van der Waals surface area contributed by atoms with Crippen molar-refractivity contribution in [3.05, 3.63) is 40.0 Å². The second-order valence-electron chi connectivity index (χ2n) is 4.70. The van der Waals surface area contributed by atoms with Crippen LogP contribution in [0.25, 0.3) is 0 Å². The summed E-state index contributed by atoms with van der Waals surface area (Å²) in [5.41, 5.74) is 12.7. The molecule has 0 spiro atoms. The first-order valence-electron chi connectivity index (χ1n) is 6.84. The molecule has 0 aliphatic carbocycles. The average molecular weight is 341 g/mol. The van der Waals surface area contributed by atoms with E-state index < -0.39 is 0 Å². The lowest BCUT2D eigenvalue weighted by Gasteiger charge is -2.11. The van der Waals surface area contributed by atoms with E-state index in [4.69, 9.17) is 34.7 Å². The van der Waals surface area contributed by atoms with Gasteiger partial charge in [-0.25, -0.2) is 4.98 Å². The van der Waals surface area contributed by atoms with Crippen LogP contribution in [-0.2, 0) is 6.54 Å². The van der Waals surface area contributed by atoms with Crippen LogP contribution in [0.5, 0.6) is 0 Å². The number of anilines is 3. The van der Waals surface area contributed by atoms with E-state index in [1.807, 2.05) is 12.1 Å².